The number of hydrogen-bond donors (Lipinski definition) is 1. The Bertz CT molecular complexity index is 538. The summed E-state index contributed by atoms with van der Waals surface area (Å²) in [5.74, 6) is 0.693. The van der Waals surface area contributed by atoms with Crippen molar-refractivity contribution in [3.8, 4) is 0 Å². The molecule has 2 atom stereocenters. The molecule has 1 aliphatic heterocycles. The molecule has 19 heavy (non-hydrogen) atoms. The molecule has 3 rings (SSSR count). The van der Waals surface area contributed by atoms with Crippen LogP contribution in [0.15, 0.2) is 54.6 Å². The van der Waals surface area contributed by atoms with E-state index in [4.69, 9.17) is 0 Å². The van der Waals surface area contributed by atoms with Gasteiger partial charge in [0.1, 0.15) is 5.82 Å². The Balaban J connectivity index is 1.93. The van der Waals surface area contributed by atoms with Crippen LogP contribution in [0.3, 0.4) is 0 Å². The highest BCUT2D eigenvalue weighted by Gasteiger charge is 2.27. The number of nitrogens with one attached hydrogen (secondary N) is 1. The topological polar surface area (TPSA) is 12.0 Å². The van der Waals surface area contributed by atoms with Crippen LogP contribution < -0.4 is 5.32 Å². The number of halogens is 1. The van der Waals surface area contributed by atoms with Crippen molar-refractivity contribution < 1.29 is 4.39 Å². The predicted molar refractivity (Wildman–Crippen MR) is 75.8 cm³/mol. The normalized spacial score (nSPS) is 23.2. The van der Waals surface area contributed by atoms with Gasteiger partial charge in [0.2, 0.25) is 0 Å². The molecule has 0 amide bonds. The van der Waals surface area contributed by atoms with Crippen LogP contribution in [-0.4, -0.2) is 13.1 Å². The summed E-state index contributed by atoms with van der Waals surface area (Å²) >= 11 is 0. The van der Waals surface area contributed by atoms with Gasteiger partial charge < -0.3 is 5.32 Å². The molecule has 2 aromatic rings. The molecule has 0 spiro atoms. The SMILES string of the molecule is Fc1cccc(C2CCNCC2c2ccccc2)c1. The van der Waals surface area contributed by atoms with Crippen molar-refractivity contribution in [3.63, 3.8) is 0 Å². The van der Waals surface area contributed by atoms with E-state index in [2.05, 4.69) is 35.6 Å². The highest BCUT2D eigenvalue weighted by molar-refractivity contribution is 5.30. The van der Waals surface area contributed by atoms with Gasteiger partial charge in [0.25, 0.3) is 0 Å². The van der Waals surface area contributed by atoms with E-state index in [1.165, 1.54) is 11.6 Å². The standard InChI is InChI=1S/C17H18FN/c18-15-8-4-7-14(11-15)16-9-10-19-12-17(16)13-5-2-1-3-6-13/h1-8,11,16-17,19H,9-10,12H2. The van der Waals surface area contributed by atoms with Crippen LogP contribution in [0.5, 0.6) is 0 Å². The Morgan fingerprint density at radius 2 is 1.68 bits per heavy atom. The summed E-state index contributed by atoms with van der Waals surface area (Å²) in [6.45, 7) is 1.97. The lowest BCUT2D eigenvalue weighted by molar-refractivity contribution is 0.403. The van der Waals surface area contributed by atoms with E-state index in [0.717, 1.165) is 25.1 Å². The van der Waals surface area contributed by atoms with Gasteiger partial charge in [-0.15, -0.1) is 0 Å². The van der Waals surface area contributed by atoms with Gasteiger partial charge in [0.05, 0.1) is 0 Å². The quantitative estimate of drug-likeness (QED) is 0.863. The molecular weight excluding hydrogens is 237 g/mol. The molecule has 2 unspecified atom stereocenters. The molecule has 0 saturated carbocycles. The lowest BCUT2D eigenvalue weighted by Crippen LogP contribution is -2.34. The minimum atomic E-state index is -0.136. The van der Waals surface area contributed by atoms with E-state index in [0.29, 0.717) is 11.8 Å². The fourth-order valence-electron chi connectivity index (χ4n) is 3.05. The third kappa shape index (κ3) is 2.69. The smallest absolute Gasteiger partial charge is 0.123 e. The zero-order valence-electron chi connectivity index (χ0n) is 10.9. The van der Waals surface area contributed by atoms with E-state index in [9.17, 15) is 4.39 Å². The van der Waals surface area contributed by atoms with E-state index < -0.39 is 0 Å². The Morgan fingerprint density at radius 1 is 0.895 bits per heavy atom. The number of benzene rings is 2. The Kier molecular flexibility index (Phi) is 3.60. The first-order valence-electron chi connectivity index (χ1n) is 6.86. The van der Waals surface area contributed by atoms with Gasteiger partial charge >= 0.3 is 0 Å². The molecule has 1 N–H and O–H groups in total. The molecule has 1 saturated heterocycles. The molecule has 0 bridgehead atoms. The third-order valence-corrected chi connectivity index (χ3v) is 3.99. The summed E-state index contributed by atoms with van der Waals surface area (Å²) in [5.41, 5.74) is 2.46. The van der Waals surface area contributed by atoms with Crippen LogP contribution in [0, 0.1) is 5.82 Å². The molecular formula is C17H18FN. The summed E-state index contributed by atoms with van der Waals surface area (Å²) in [7, 11) is 0. The van der Waals surface area contributed by atoms with Crippen LogP contribution in [0.4, 0.5) is 4.39 Å². The van der Waals surface area contributed by atoms with Crippen molar-refractivity contribution in [1.29, 1.82) is 0 Å². The van der Waals surface area contributed by atoms with Crippen molar-refractivity contribution in [2.45, 2.75) is 18.3 Å². The summed E-state index contributed by atoms with van der Waals surface area (Å²) in [6, 6.07) is 17.6. The maximum atomic E-state index is 13.4. The lowest BCUT2D eigenvalue weighted by atomic mass is 9.77. The summed E-state index contributed by atoms with van der Waals surface area (Å²) < 4.78 is 13.4. The average Bonchev–Trinajstić information content (AvgIpc) is 2.48. The second-order valence-corrected chi connectivity index (χ2v) is 5.17. The van der Waals surface area contributed by atoms with Crippen molar-refractivity contribution >= 4 is 0 Å². The van der Waals surface area contributed by atoms with Gasteiger partial charge in [-0.05, 0) is 42.1 Å². The predicted octanol–water partition coefficient (Wildman–Crippen LogP) is 3.69. The fourth-order valence-corrected chi connectivity index (χ4v) is 3.05. The Morgan fingerprint density at radius 3 is 2.47 bits per heavy atom. The molecule has 1 heterocycles. The number of hydrogen-bond acceptors (Lipinski definition) is 1. The first-order chi connectivity index (χ1) is 9.34. The van der Waals surface area contributed by atoms with Gasteiger partial charge in [-0.1, -0.05) is 42.5 Å². The molecule has 0 radical (unpaired) electrons. The van der Waals surface area contributed by atoms with Crippen LogP contribution in [0.2, 0.25) is 0 Å². The van der Waals surface area contributed by atoms with E-state index in [1.54, 1.807) is 6.07 Å². The first-order valence-corrected chi connectivity index (χ1v) is 6.86. The summed E-state index contributed by atoms with van der Waals surface area (Å²) in [5, 5.41) is 3.45. The Labute approximate surface area is 113 Å². The fraction of sp³-hybridized carbons (Fsp3) is 0.294. The van der Waals surface area contributed by atoms with Crippen molar-refractivity contribution in [3.05, 3.63) is 71.5 Å². The minimum absolute atomic E-state index is 0.136. The maximum Gasteiger partial charge on any atom is 0.123 e. The molecule has 0 aromatic heterocycles. The second kappa shape index (κ2) is 5.54. The minimum Gasteiger partial charge on any atom is -0.316 e. The molecule has 1 aliphatic rings. The van der Waals surface area contributed by atoms with Crippen molar-refractivity contribution in [1.82, 2.24) is 5.32 Å². The number of piperidine rings is 1. The van der Waals surface area contributed by atoms with Crippen LogP contribution in [-0.2, 0) is 0 Å². The van der Waals surface area contributed by atoms with Crippen molar-refractivity contribution in [2.75, 3.05) is 13.1 Å². The van der Waals surface area contributed by atoms with Crippen LogP contribution in [0.1, 0.15) is 29.4 Å². The van der Waals surface area contributed by atoms with Gasteiger partial charge in [-0.3, -0.25) is 0 Å². The third-order valence-electron chi connectivity index (χ3n) is 3.99. The van der Waals surface area contributed by atoms with E-state index in [1.807, 2.05) is 12.1 Å². The lowest BCUT2D eigenvalue weighted by Gasteiger charge is -2.33. The molecule has 2 aromatic carbocycles. The monoisotopic (exact) mass is 255 g/mol. The largest absolute Gasteiger partial charge is 0.316 e. The summed E-state index contributed by atoms with van der Waals surface area (Å²) in [6.07, 6.45) is 1.06. The zero-order valence-corrected chi connectivity index (χ0v) is 10.9. The van der Waals surface area contributed by atoms with Gasteiger partial charge in [-0.25, -0.2) is 4.39 Å². The van der Waals surface area contributed by atoms with E-state index >= 15 is 0 Å². The second-order valence-electron chi connectivity index (χ2n) is 5.17. The van der Waals surface area contributed by atoms with Crippen LogP contribution in [0.25, 0.3) is 0 Å². The zero-order chi connectivity index (χ0) is 13.1. The molecule has 0 aliphatic carbocycles. The summed E-state index contributed by atoms with van der Waals surface area (Å²) in [4.78, 5) is 0. The van der Waals surface area contributed by atoms with E-state index in [-0.39, 0.29) is 5.82 Å². The van der Waals surface area contributed by atoms with Crippen molar-refractivity contribution in [2.24, 2.45) is 0 Å². The van der Waals surface area contributed by atoms with Gasteiger partial charge in [0.15, 0.2) is 0 Å². The molecule has 2 heteroatoms. The molecule has 1 fully saturated rings. The van der Waals surface area contributed by atoms with Crippen LogP contribution >= 0.6 is 0 Å². The first kappa shape index (κ1) is 12.4. The Hall–Kier alpha value is -1.67. The van der Waals surface area contributed by atoms with Gasteiger partial charge in [0, 0.05) is 12.5 Å². The number of rotatable bonds is 2. The highest BCUT2D eigenvalue weighted by Crippen LogP contribution is 2.37. The maximum absolute atomic E-state index is 13.4. The average molecular weight is 255 g/mol. The molecule has 1 nitrogen and oxygen atoms in total. The van der Waals surface area contributed by atoms with Gasteiger partial charge in [-0.2, -0.15) is 0 Å². The highest BCUT2D eigenvalue weighted by atomic mass is 19.1. The molecule has 98 valence electrons.